The number of carbonyl (C=O) groups is 1. The average molecular weight is 495 g/mol. The molecule has 0 aromatic heterocycles. The summed E-state index contributed by atoms with van der Waals surface area (Å²) in [7, 11) is 0. The molecule has 0 radical (unpaired) electrons. The zero-order valence-electron chi connectivity index (χ0n) is 21.0. The minimum absolute atomic E-state index is 0.146. The largest absolute Gasteiger partial charge is 0.445 e. The van der Waals surface area contributed by atoms with Gasteiger partial charge in [-0.15, -0.1) is 0 Å². The van der Waals surface area contributed by atoms with Crippen LogP contribution in [0.2, 0.25) is 0 Å². The second-order valence-corrected chi connectivity index (χ2v) is 11.7. The number of fused-ring (bicyclic) bond motifs is 1. The quantitative estimate of drug-likeness (QED) is 0.436. The molecule has 1 aliphatic carbocycles. The fourth-order valence-corrected chi connectivity index (χ4v) is 7.12. The SMILES string of the molecule is Cc1ccc(SN2CC3CC(N(CC4CCOCC4)C(=O)OCc4ccccc4)CC3C2)c(C)c1. The second kappa shape index (κ2) is 11.4. The Hall–Kier alpha value is -2.02. The second-order valence-electron chi connectivity index (χ2n) is 10.6. The Morgan fingerprint density at radius 3 is 2.46 bits per heavy atom. The third-order valence-corrected chi connectivity index (χ3v) is 9.14. The zero-order chi connectivity index (χ0) is 24.2. The normalized spacial score (nSPS) is 24.9. The first kappa shape index (κ1) is 24.7. The van der Waals surface area contributed by atoms with Crippen molar-refractivity contribution in [3.05, 3.63) is 65.2 Å². The van der Waals surface area contributed by atoms with Gasteiger partial charge in [0.25, 0.3) is 0 Å². The van der Waals surface area contributed by atoms with Crippen LogP contribution in [0, 0.1) is 31.6 Å². The fraction of sp³-hybridized carbons (Fsp3) is 0.552. The van der Waals surface area contributed by atoms with Crippen molar-refractivity contribution in [3.8, 4) is 0 Å². The smallest absolute Gasteiger partial charge is 0.410 e. The molecule has 2 heterocycles. The Kier molecular flexibility index (Phi) is 8.01. The zero-order valence-corrected chi connectivity index (χ0v) is 21.8. The lowest BCUT2D eigenvalue weighted by Gasteiger charge is -2.34. The summed E-state index contributed by atoms with van der Waals surface area (Å²) in [5, 5.41) is 0. The van der Waals surface area contributed by atoms with Crippen molar-refractivity contribution >= 4 is 18.0 Å². The summed E-state index contributed by atoms with van der Waals surface area (Å²) < 4.78 is 13.9. The van der Waals surface area contributed by atoms with Crippen LogP contribution in [-0.2, 0) is 16.1 Å². The van der Waals surface area contributed by atoms with E-state index in [9.17, 15) is 4.79 Å². The summed E-state index contributed by atoms with van der Waals surface area (Å²) >= 11 is 1.91. The van der Waals surface area contributed by atoms with E-state index in [1.165, 1.54) is 16.0 Å². The van der Waals surface area contributed by atoms with E-state index in [0.717, 1.165) is 64.1 Å². The van der Waals surface area contributed by atoms with Gasteiger partial charge < -0.3 is 14.4 Å². The van der Waals surface area contributed by atoms with Crippen molar-refractivity contribution in [1.29, 1.82) is 0 Å². The number of ether oxygens (including phenoxy) is 2. The Bertz CT molecular complexity index is 981. The molecule has 1 amide bonds. The maximum absolute atomic E-state index is 13.3. The third-order valence-electron chi connectivity index (χ3n) is 7.93. The number of hydrogen-bond acceptors (Lipinski definition) is 5. The van der Waals surface area contributed by atoms with E-state index in [4.69, 9.17) is 9.47 Å². The summed E-state index contributed by atoms with van der Waals surface area (Å²) in [6, 6.07) is 17.0. The van der Waals surface area contributed by atoms with E-state index < -0.39 is 0 Å². The molecule has 188 valence electrons. The van der Waals surface area contributed by atoms with Crippen LogP contribution >= 0.6 is 11.9 Å². The molecule has 6 heteroatoms. The molecule has 2 aromatic carbocycles. The Morgan fingerprint density at radius 2 is 1.77 bits per heavy atom. The first-order chi connectivity index (χ1) is 17.0. The summed E-state index contributed by atoms with van der Waals surface area (Å²) in [5.41, 5.74) is 3.71. The molecule has 5 rings (SSSR count). The van der Waals surface area contributed by atoms with E-state index in [-0.39, 0.29) is 12.1 Å². The molecule has 3 aliphatic rings. The molecular weight excluding hydrogens is 456 g/mol. The third kappa shape index (κ3) is 6.22. The Balaban J connectivity index is 1.20. The maximum Gasteiger partial charge on any atom is 0.410 e. The molecule has 1 saturated carbocycles. The lowest BCUT2D eigenvalue weighted by atomic mass is 9.98. The van der Waals surface area contributed by atoms with Gasteiger partial charge in [-0.05, 0) is 86.4 Å². The molecule has 2 unspecified atom stereocenters. The number of rotatable bonds is 7. The lowest BCUT2D eigenvalue weighted by molar-refractivity contribution is 0.0351. The van der Waals surface area contributed by atoms with Crippen molar-refractivity contribution in [3.63, 3.8) is 0 Å². The minimum Gasteiger partial charge on any atom is -0.445 e. The highest BCUT2D eigenvalue weighted by molar-refractivity contribution is 7.97. The van der Waals surface area contributed by atoms with Crippen molar-refractivity contribution in [2.45, 2.75) is 57.1 Å². The molecule has 0 N–H and O–H groups in total. The highest BCUT2D eigenvalue weighted by Crippen LogP contribution is 2.44. The first-order valence-corrected chi connectivity index (χ1v) is 13.9. The van der Waals surface area contributed by atoms with Crippen molar-refractivity contribution in [1.82, 2.24) is 9.21 Å². The van der Waals surface area contributed by atoms with Crippen LogP contribution in [0.4, 0.5) is 4.79 Å². The van der Waals surface area contributed by atoms with Gasteiger partial charge in [0, 0.05) is 43.8 Å². The van der Waals surface area contributed by atoms with Crippen molar-refractivity contribution in [2.75, 3.05) is 32.8 Å². The van der Waals surface area contributed by atoms with Gasteiger partial charge >= 0.3 is 6.09 Å². The molecule has 3 fully saturated rings. The topological polar surface area (TPSA) is 42.0 Å². The maximum atomic E-state index is 13.3. The van der Waals surface area contributed by atoms with Gasteiger partial charge in [-0.1, -0.05) is 48.0 Å². The molecule has 0 spiro atoms. The van der Waals surface area contributed by atoms with Gasteiger partial charge in [0.1, 0.15) is 6.61 Å². The van der Waals surface area contributed by atoms with Crippen LogP contribution < -0.4 is 0 Å². The van der Waals surface area contributed by atoms with Gasteiger partial charge in [0.05, 0.1) is 0 Å². The molecule has 35 heavy (non-hydrogen) atoms. The van der Waals surface area contributed by atoms with E-state index in [0.29, 0.717) is 24.4 Å². The number of aryl methyl sites for hydroxylation is 2. The molecular formula is C29H38N2O3S. The van der Waals surface area contributed by atoms with Crippen LogP contribution in [0.3, 0.4) is 0 Å². The minimum atomic E-state index is -0.146. The standard InChI is InChI=1S/C29H38N2O3S/c1-21-8-9-28(22(2)14-21)35-30-18-25-15-27(16-26(25)19-30)31(17-23-10-12-33-13-11-23)29(32)34-20-24-6-4-3-5-7-24/h3-9,14,23,25-27H,10-13,15-20H2,1-2H3. The predicted molar refractivity (Wildman–Crippen MR) is 140 cm³/mol. The van der Waals surface area contributed by atoms with Crippen LogP contribution in [0.5, 0.6) is 0 Å². The molecule has 2 aromatic rings. The molecule has 2 atom stereocenters. The summed E-state index contributed by atoms with van der Waals surface area (Å²) in [6.45, 7) is 9.30. The number of nitrogens with zero attached hydrogens (tertiary/aromatic N) is 2. The van der Waals surface area contributed by atoms with Gasteiger partial charge in [0.2, 0.25) is 0 Å². The van der Waals surface area contributed by atoms with Crippen LogP contribution in [0.1, 0.15) is 42.4 Å². The summed E-state index contributed by atoms with van der Waals surface area (Å²) in [6.07, 6.45) is 4.08. The Labute approximate surface area is 214 Å². The number of hydrogen-bond donors (Lipinski definition) is 0. The fourth-order valence-electron chi connectivity index (χ4n) is 5.98. The van der Waals surface area contributed by atoms with Gasteiger partial charge in [-0.2, -0.15) is 0 Å². The molecule has 2 aliphatic heterocycles. The van der Waals surface area contributed by atoms with Crippen molar-refractivity contribution < 1.29 is 14.3 Å². The highest BCUT2D eigenvalue weighted by Gasteiger charge is 2.44. The monoisotopic (exact) mass is 494 g/mol. The Morgan fingerprint density at radius 1 is 1.06 bits per heavy atom. The van der Waals surface area contributed by atoms with Crippen molar-refractivity contribution in [2.24, 2.45) is 17.8 Å². The van der Waals surface area contributed by atoms with Crippen LogP contribution in [0.25, 0.3) is 0 Å². The number of amides is 1. The van der Waals surface area contributed by atoms with E-state index >= 15 is 0 Å². The van der Waals surface area contributed by atoms with E-state index in [1.54, 1.807) is 0 Å². The lowest BCUT2D eigenvalue weighted by Crippen LogP contribution is -2.44. The van der Waals surface area contributed by atoms with Gasteiger partial charge in [-0.25, -0.2) is 9.10 Å². The first-order valence-electron chi connectivity index (χ1n) is 13.1. The van der Waals surface area contributed by atoms with Gasteiger partial charge in [0.15, 0.2) is 0 Å². The average Bonchev–Trinajstić information content (AvgIpc) is 3.43. The van der Waals surface area contributed by atoms with Crippen LogP contribution in [-0.4, -0.2) is 54.2 Å². The van der Waals surface area contributed by atoms with E-state index in [2.05, 4.69) is 41.3 Å². The van der Waals surface area contributed by atoms with E-state index in [1.807, 2.05) is 42.3 Å². The van der Waals surface area contributed by atoms with Gasteiger partial charge in [-0.3, -0.25) is 0 Å². The number of carbonyl (C=O) groups excluding carboxylic acids is 1. The molecule has 5 nitrogen and oxygen atoms in total. The summed E-state index contributed by atoms with van der Waals surface area (Å²) in [5.74, 6) is 1.81. The predicted octanol–water partition coefficient (Wildman–Crippen LogP) is 6.09. The highest BCUT2D eigenvalue weighted by atomic mass is 32.2. The molecule has 2 saturated heterocycles. The number of benzene rings is 2. The van der Waals surface area contributed by atoms with Crippen LogP contribution in [0.15, 0.2) is 53.4 Å². The molecule has 0 bridgehead atoms. The summed E-state index contributed by atoms with van der Waals surface area (Å²) in [4.78, 5) is 16.8.